The van der Waals surface area contributed by atoms with Gasteiger partial charge in [0.1, 0.15) is 23.5 Å². The third-order valence-corrected chi connectivity index (χ3v) is 5.51. The number of carbonyl (C=O) groups is 1. The van der Waals surface area contributed by atoms with E-state index in [1.807, 2.05) is 19.9 Å². The summed E-state index contributed by atoms with van der Waals surface area (Å²) in [5.41, 5.74) is 4.91. The Balaban J connectivity index is 1.76. The number of rotatable bonds is 8. The SMILES string of the molecule is COCCN(C(=O)Cn1cnc2c(oc3ccccc32)c1=O)c1c(N)n(CC(C)C)c(=O)[nH]c1=O. The highest BCUT2D eigenvalue weighted by Crippen LogP contribution is 2.24. The standard InChI is InChI=1S/C23H26N6O6/c1-13(2)10-29-20(24)18(21(31)26-23(29)33)28(8-9-34-3)16(30)11-27-12-25-17-14-6-4-5-7-15(14)35-19(17)22(27)32/h4-7,12-13H,8-11,24H2,1-3H3,(H,26,31,33). The Kier molecular flexibility index (Phi) is 6.56. The number of fused-ring (bicyclic) bond motifs is 3. The predicted octanol–water partition coefficient (Wildman–Crippen LogP) is 0.911. The topological polar surface area (TPSA) is 158 Å². The minimum Gasteiger partial charge on any atom is -0.448 e. The number of ether oxygens (including phenoxy) is 1. The lowest BCUT2D eigenvalue weighted by Crippen LogP contribution is -2.44. The van der Waals surface area contributed by atoms with Crippen LogP contribution in [0.4, 0.5) is 11.5 Å². The smallest absolute Gasteiger partial charge is 0.330 e. The summed E-state index contributed by atoms with van der Waals surface area (Å²) in [4.78, 5) is 59.1. The van der Waals surface area contributed by atoms with Crippen molar-refractivity contribution >= 4 is 39.5 Å². The van der Waals surface area contributed by atoms with Gasteiger partial charge in [-0.2, -0.15) is 0 Å². The molecule has 0 saturated carbocycles. The Morgan fingerprint density at radius 2 is 2.00 bits per heavy atom. The van der Waals surface area contributed by atoms with E-state index in [4.69, 9.17) is 14.9 Å². The van der Waals surface area contributed by atoms with E-state index in [1.165, 1.54) is 18.0 Å². The van der Waals surface area contributed by atoms with Crippen LogP contribution >= 0.6 is 0 Å². The molecule has 0 fully saturated rings. The number of furan rings is 1. The average molecular weight is 482 g/mol. The third-order valence-electron chi connectivity index (χ3n) is 5.51. The predicted molar refractivity (Wildman–Crippen MR) is 131 cm³/mol. The lowest BCUT2D eigenvalue weighted by molar-refractivity contribution is -0.119. The van der Waals surface area contributed by atoms with E-state index in [-0.39, 0.29) is 42.7 Å². The van der Waals surface area contributed by atoms with Crippen LogP contribution in [0, 0.1) is 5.92 Å². The molecule has 0 saturated heterocycles. The minimum atomic E-state index is -0.810. The molecule has 0 bridgehead atoms. The second-order valence-corrected chi connectivity index (χ2v) is 8.49. The number of hydrogen-bond donors (Lipinski definition) is 2. The van der Waals surface area contributed by atoms with Gasteiger partial charge in [0.25, 0.3) is 11.1 Å². The molecule has 4 aromatic rings. The Bertz CT molecular complexity index is 1580. The number of nitrogens with one attached hydrogen (secondary N) is 1. The number of aromatic amines is 1. The molecule has 3 heterocycles. The van der Waals surface area contributed by atoms with Gasteiger partial charge in [0.15, 0.2) is 5.69 Å². The number of methoxy groups -OCH3 is 1. The maximum absolute atomic E-state index is 13.4. The quantitative estimate of drug-likeness (QED) is 0.375. The number of benzene rings is 1. The van der Waals surface area contributed by atoms with Gasteiger partial charge in [-0.1, -0.05) is 26.0 Å². The van der Waals surface area contributed by atoms with E-state index in [1.54, 1.807) is 18.2 Å². The highest BCUT2D eigenvalue weighted by molar-refractivity contribution is 6.02. The van der Waals surface area contributed by atoms with Crippen LogP contribution in [0.15, 0.2) is 49.4 Å². The molecule has 0 radical (unpaired) electrons. The zero-order valence-electron chi connectivity index (χ0n) is 19.6. The molecule has 12 nitrogen and oxygen atoms in total. The van der Waals surface area contributed by atoms with Crippen LogP contribution < -0.4 is 27.4 Å². The average Bonchev–Trinajstić information content (AvgIpc) is 3.20. The molecule has 4 rings (SSSR count). The van der Waals surface area contributed by atoms with Gasteiger partial charge >= 0.3 is 5.69 Å². The van der Waals surface area contributed by atoms with Crippen molar-refractivity contribution in [2.24, 2.45) is 5.92 Å². The van der Waals surface area contributed by atoms with Gasteiger partial charge in [0.2, 0.25) is 11.5 Å². The van der Waals surface area contributed by atoms with E-state index in [2.05, 4.69) is 9.97 Å². The summed E-state index contributed by atoms with van der Waals surface area (Å²) in [6.45, 7) is 3.63. The third kappa shape index (κ3) is 4.47. The molecule has 0 atom stereocenters. The second kappa shape index (κ2) is 9.58. The monoisotopic (exact) mass is 482 g/mol. The molecule has 184 valence electrons. The lowest BCUT2D eigenvalue weighted by Gasteiger charge is -2.25. The highest BCUT2D eigenvalue weighted by atomic mass is 16.5. The van der Waals surface area contributed by atoms with E-state index in [9.17, 15) is 19.2 Å². The number of carbonyl (C=O) groups excluding carboxylic acids is 1. The number of hydrogen-bond acceptors (Lipinski definition) is 8. The van der Waals surface area contributed by atoms with Crippen molar-refractivity contribution in [2.75, 3.05) is 30.9 Å². The molecule has 0 aliphatic carbocycles. The molecule has 1 amide bonds. The maximum Gasteiger partial charge on any atom is 0.330 e. The van der Waals surface area contributed by atoms with Gasteiger partial charge < -0.3 is 19.8 Å². The first kappa shape index (κ1) is 24.0. The van der Waals surface area contributed by atoms with E-state index in [0.717, 1.165) is 9.47 Å². The first-order chi connectivity index (χ1) is 16.7. The maximum atomic E-state index is 13.4. The lowest BCUT2D eigenvalue weighted by atomic mass is 10.2. The van der Waals surface area contributed by atoms with Crippen LogP contribution in [0.3, 0.4) is 0 Å². The number of aromatic nitrogens is 4. The van der Waals surface area contributed by atoms with Crippen molar-refractivity contribution in [1.82, 2.24) is 19.1 Å². The van der Waals surface area contributed by atoms with Gasteiger partial charge in [-0.05, 0) is 18.1 Å². The summed E-state index contributed by atoms with van der Waals surface area (Å²) in [6, 6.07) is 7.10. The van der Waals surface area contributed by atoms with Gasteiger partial charge in [-0.25, -0.2) is 9.78 Å². The first-order valence-corrected chi connectivity index (χ1v) is 11.0. The van der Waals surface area contributed by atoms with Gasteiger partial charge in [-0.3, -0.25) is 28.5 Å². The second-order valence-electron chi connectivity index (χ2n) is 8.49. The van der Waals surface area contributed by atoms with E-state index in [0.29, 0.717) is 16.5 Å². The fourth-order valence-corrected chi connectivity index (χ4v) is 3.89. The van der Waals surface area contributed by atoms with Crippen LogP contribution in [-0.2, 0) is 22.6 Å². The largest absolute Gasteiger partial charge is 0.448 e. The number of H-pyrrole nitrogens is 1. The van der Waals surface area contributed by atoms with Crippen molar-refractivity contribution in [2.45, 2.75) is 26.9 Å². The molecular weight excluding hydrogens is 456 g/mol. The molecule has 3 N–H and O–H groups in total. The van der Waals surface area contributed by atoms with Crippen molar-refractivity contribution in [1.29, 1.82) is 0 Å². The van der Waals surface area contributed by atoms with Crippen LogP contribution in [0.1, 0.15) is 13.8 Å². The number of nitrogens with zero attached hydrogens (tertiary/aromatic N) is 4. The molecule has 12 heteroatoms. The van der Waals surface area contributed by atoms with Crippen molar-refractivity contribution < 1.29 is 13.9 Å². The van der Waals surface area contributed by atoms with E-state index < -0.39 is 29.3 Å². The fraction of sp³-hybridized carbons (Fsp3) is 0.348. The normalized spacial score (nSPS) is 11.5. The number of amides is 1. The fourth-order valence-electron chi connectivity index (χ4n) is 3.89. The zero-order valence-corrected chi connectivity index (χ0v) is 19.6. The minimum absolute atomic E-state index is 0.0211. The summed E-state index contributed by atoms with van der Waals surface area (Å²) in [5.74, 6) is -0.708. The zero-order chi connectivity index (χ0) is 25.3. The molecule has 0 aliphatic heterocycles. The Hall–Kier alpha value is -4.19. The molecule has 0 aliphatic rings. The van der Waals surface area contributed by atoms with Gasteiger partial charge in [-0.15, -0.1) is 0 Å². The van der Waals surface area contributed by atoms with Crippen molar-refractivity contribution in [3.05, 3.63) is 61.8 Å². The summed E-state index contributed by atoms with van der Waals surface area (Å²) in [7, 11) is 1.44. The summed E-state index contributed by atoms with van der Waals surface area (Å²) in [5, 5.41) is 0.687. The van der Waals surface area contributed by atoms with Crippen molar-refractivity contribution in [3.63, 3.8) is 0 Å². The Morgan fingerprint density at radius 1 is 1.26 bits per heavy atom. The molecule has 35 heavy (non-hydrogen) atoms. The number of para-hydroxylation sites is 1. The summed E-state index contributed by atoms with van der Waals surface area (Å²) < 4.78 is 13.1. The van der Waals surface area contributed by atoms with Crippen LogP contribution in [-0.4, -0.2) is 45.3 Å². The molecule has 1 aromatic carbocycles. The summed E-state index contributed by atoms with van der Waals surface area (Å²) in [6.07, 6.45) is 1.26. The Morgan fingerprint density at radius 3 is 2.71 bits per heavy atom. The van der Waals surface area contributed by atoms with E-state index >= 15 is 0 Å². The molecule has 0 spiro atoms. The van der Waals surface area contributed by atoms with Crippen LogP contribution in [0.2, 0.25) is 0 Å². The van der Waals surface area contributed by atoms with Gasteiger partial charge in [0.05, 0.1) is 12.9 Å². The van der Waals surface area contributed by atoms with Gasteiger partial charge in [0, 0.05) is 25.6 Å². The Labute approximate surface area is 198 Å². The highest BCUT2D eigenvalue weighted by Gasteiger charge is 2.25. The van der Waals surface area contributed by atoms with Crippen LogP contribution in [0.5, 0.6) is 0 Å². The molecular formula is C23H26N6O6. The number of nitrogen functional groups attached to an aromatic ring is 1. The molecule has 3 aromatic heterocycles. The summed E-state index contributed by atoms with van der Waals surface area (Å²) >= 11 is 0. The van der Waals surface area contributed by atoms with Crippen molar-refractivity contribution in [3.8, 4) is 0 Å². The molecule has 0 unspecified atom stereocenters. The first-order valence-electron chi connectivity index (χ1n) is 11.0. The van der Waals surface area contributed by atoms with Crippen LogP contribution in [0.25, 0.3) is 22.1 Å². The number of anilines is 2. The number of nitrogens with two attached hydrogens (primary N) is 1.